The van der Waals surface area contributed by atoms with Gasteiger partial charge in [0.15, 0.2) is 6.29 Å². The average Bonchev–Trinajstić information content (AvgIpc) is 0.880. The highest BCUT2D eigenvalue weighted by Crippen LogP contribution is 2.57. The van der Waals surface area contributed by atoms with Crippen molar-refractivity contribution in [2.75, 3.05) is 161 Å². The van der Waals surface area contributed by atoms with Gasteiger partial charge in [-0.1, -0.05) is 156 Å². The van der Waals surface area contributed by atoms with Crippen LogP contribution in [0.5, 0.6) is 11.5 Å². The first-order chi connectivity index (χ1) is 65.8. The molecule has 0 saturated carbocycles. The number of benzene rings is 4. The van der Waals surface area contributed by atoms with E-state index >= 15 is 0 Å². The summed E-state index contributed by atoms with van der Waals surface area (Å²) in [6, 6.07) is 36.6. The molecular weight excluding hydrogens is 1950 g/mol. The van der Waals surface area contributed by atoms with Crippen molar-refractivity contribution >= 4 is 110 Å². The molecule has 4 aromatic rings. The lowest BCUT2D eigenvalue weighted by atomic mass is 9.77. The number of amides is 4. The summed E-state index contributed by atoms with van der Waals surface area (Å²) >= 11 is 22.4. The van der Waals surface area contributed by atoms with Crippen LogP contribution in [0.4, 0.5) is 0 Å². The monoisotopic (exact) mass is 2110 g/mol. The normalized spacial score (nSPS) is 15.2. The zero-order valence-corrected chi connectivity index (χ0v) is 93.1. The SMILES string of the molecule is CCOCC(C)COP(=S)(OCCOc1ccc(C(OC)OC)cc1)OC(C)(C)C.COCCOCCOP(=S)(OCCCCCCCCCC(=O)ON1C(=O)CCC1=O)OC(C)(C)C.COCCOCCOP(=S)(OCCCCCCCCCC(=O)ON1C(=O)CCC1=O)OC(C)(C)C.COc1ccc(C(NCCOCCOP(=S)(OC(C)C)OC(C)(C)C)(c2ccccc2)c2ccccc2)cc1. The molecule has 2 fully saturated rings. The van der Waals surface area contributed by atoms with Crippen molar-refractivity contribution in [2.45, 2.75) is 280 Å². The van der Waals surface area contributed by atoms with E-state index in [4.69, 9.17) is 159 Å². The molecule has 0 radical (unpaired) electrons. The van der Waals surface area contributed by atoms with Crippen molar-refractivity contribution in [2.24, 2.45) is 5.92 Å². The second-order valence-corrected chi connectivity index (χ2v) is 48.2. The largest absolute Gasteiger partial charge is 0.497 e. The number of unbranched alkanes of at least 4 members (excludes halogenated alkanes) is 12. The first-order valence-corrected chi connectivity index (χ1v) is 58.2. The van der Waals surface area contributed by atoms with Crippen molar-refractivity contribution in [3.8, 4) is 11.5 Å². The third kappa shape index (κ3) is 58.6. The third-order valence-electron chi connectivity index (χ3n) is 19.0. The number of hydrogen-bond acceptors (Lipinski definition) is 35. The van der Waals surface area contributed by atoms with Crippen LogP contribution in [0, 0.1) is 5.92 Å². The number of hydroxylamine groups is 4. The summed E-state index contributed by atoms with van der Waals surface area (Å²) in [5.74, 6) is -1.17. The van der Waals surface area contributed by atoms with Gasteiger partial charge in [-0.2, -0.15) is 0 Å². The molecule has 4 aromatic carbocycles. The van der Waals surface area contributed by atoms with Gasteiger partial charge >= 0.3 is 38.8 Å². The molecule has 4 amide bonds. The minimum Gasteiger partial charge on any atom is -0.497 e. The minimum atomic E-state index is -2.91. The first kappa shape index (κ1) is 129. The maximum absolute atomic E-state index is 11.8. The number of hydrogen-bond donors (Lipinski definition) is 1. The molecule has 2 aliphatic rings. The fourth-order valence-electron chi connectivity index (χ4n) is 13.0. The van der Waals surface area contributed by atoms with Crippen LogP contribution in [0.25, 0.3) is 0 Å². The van der Waals surface area contributed by atoms with Crippen LogP contribution >= 0.6 is 26.9 Å². The molecule has 1 N–H and O–H groups in total. The smallest absolute Gasteiger partial charge is 0.333 e. The Labute approximate surface area is 849 Å². The Bertz CT molecular complexity index is 4050. The molecule has 2 aliphatic heterocycles. The van der Waals surface area contributed by atoms with Gasteiger partial charge in [0.05, 0.1) is 147 Å². The number of carbonyl (C=O) groups excluding carboxylic acids is 6. The molecule has 2 heterocycles. The Morgan fingerprint density at radius 1 is 0.374 bits per heavy atom. The molecule has 33 nitrogen and oxygen atoms in total. The Balaban J connectivity index is 0.000000479. The van der Waals surface area contributed by atoms with Gasteiger partial charge in [-0.25, -0.2) is 9.59 Å². The molecular formula is C98H163N3O30P4S4. The Morgan fingerprint density at radius 3 is 1.09 bits per heavy atom. The summed E-state index contributed by atoms with van der Waals surface area (Å²) in [6.07, 6.45) is 13.3. The predicted molar refractivity (Wildman–Crippen MR) is 551 cm³/mol. The van der Waals surface area contributed by atoms with Crippen LogP contribution in [0.1, 0.15) is 268 Å². The van der Waals surface area contributed by atoms with Crippen LogP contribution < -0.4 is 14.8 Å². The average molecular weight is 2120 g/mol. The number of imide groups is 2. The van der Waals surface area contributed by atoms with Crippen molar-refractivity contribution < 1.29 is 140 Å². The lowest BCUT2D eigenvalue weighted by Gasteiger charge is -2.37. The molecule has 139 heavy (non-hydrogen) atoms. The van der Waals surface area contributed by atoms with Crippen LogP contribution in [-0.2, 0) is 183 Å². The highest BCUT2D eigenvalue weighted by molar-refractivity contribution is 8.08. The maximum Gasteiger partial charge on any atom is 0.333 e. The van der Waals surface area contributed by atoms with Crippen LogP contribution in [-0.4, -0.2) is 235 Å². The molecule has 41 heteroatoms. The number of ether oxygens (including phenoxy) is 10. The second-order valence-electron chi connectivity index (χ2n) is 36.5. The third-order valence-corrected chi connectivity index (χ3v) is 29.6. The van der Waals surface area contributed by atoms with Gasteiger partial charge in [-0.3, -0.25) is 24.5 Å². The van der Waals surface area contributed by atoms with Gasteiger partial charge in [0.1, 0.15) is 18.1 Å². The first-order valence-electron chi connectivity index (χ1n) is 48.0. The second kappa shape index (κ2) is 70.3. The molecule has 5 unspecified atom stereocenters. The van der Waals surface area contributed by atoms with Crippen LogP contribution in [0.2, 0.25) is 0 Å². The summed E-state index contributed by atoms with van der Waals surface area (Å²) in [4.78, 5) is 79.0. The van der Waals surface area contributed by atoms with E-state index in [-0.39, 0.29) is 57.2 Å². The summed E-state index contributed by atoms with van der Waals surface area (Å²) in [6.45, 7) is 27.8. The number of nitrogens with one attached hydrogen (secondary N) is 1. The fourth-order valence-corrected chi connectivity index (χ4v) is 23.9. The molecule has 794 valence electrons. The Kier molecular flexibility index (Phi) is 65.1. The quantitative estimate of drug-likeness (QED) is 0.0141. The van der Waals surface area contributed by atoms with Gasteiger partial charge in [-0.15, -0.1) is 10.1 Å². The lowest BCUT2D eigenvalue weighted by Crippen LogP contribution is -2.46. The molecule has 0 aliphatic carbocycles. The summed E-state index contributed by atoms with van der Waals surface area (Å²) in [5, 5.41) is 5.01. The number of rotatable bonds is 70. The van der Waals surface area contributed by atoms with Gasteiger partial charge in [0.25, 0.3) is 23.6 Å². The molecule has 6 rings (SSSR count). The Morgan fingerprint density at radius 2 is 0.712 bits per heavy atom. The van der Waals surface area contributed by atoms with E-state index in [1.807, 2.05) is 159 Å². The topological polar surface area (TPSA) is 342 Å². The van der Waals surface area contributed by atoms with Gasteiger partial charge in [0, 0.05) is 91.6 Å². The fraction of sp³-hybridized carbons (Fsp3) is 0.694. The number of nitrogens with zero attached hydrogens (tertiary/aromatic N) is 2. The van der Waals surface area contributed by atoms with E-state index in [9.17, 15) is 28.8 Å². The van der Waals surface area contributed by atoms with Crippen molar-refractivity contribution in [1.82, 2.24) is 15.4 Å². The van der Waals surface area contributed by atoms with Crippen LogP contribution in [0.3, 0.4) is 0 Å². The zero-order valence-electron chi connectivity index (χ0n) is 86.3. The maximum atomic E-state index is 11.8. The highest BCUT2D eigenvalue weighted by Gasteiger charge is 2.39. The molecule has 2 saturated heterocycles. The minimum absolute atomic E-state index is 0.0923. The van der Waals surface area contributed by atoms with Gasteiger partial charge < -0.3 is 111 Å². The van der Waals surface area contributed by atoms with Crippen molar-refractivity contribution in [3.05, 3.63) is 131 Å². The van der Waals surface area contributed by atoms with E-state index in [0.717, 1.165) is 105 Å². The van der Waals surface area contributed by atoms with Crippen LogP contribution in [0.15, 0.2) is 109 Å². The van der Waals surface area contributed by atoms with E-state index in [0.29, 0.717) is 148 Å². The van der Waals surface area contributed by atoms with E-state index < -0.39 is 96.7 Å². The summed E-state index contributed by atoms with van der Waals surface area (Å²) in [7, 11) is 8.11. The van der Waals surface area contributed by atoms with E-state index in [1.165, 1.54) is 0 Å². The summed E-state index contributed by atoms with van der Waals surface area (Å²) < 4.78 is 124. The Hall–Kier alpha value is -4.54. The van der Waals surface area contributed by atoms with Crippen molar-refractivity contribution in [3.63, 3.8) is 0 Å². The van der Waals surface area contributed by atoms with Gasteiger partial charge in [0.2, 0.25) is 0 Å². The zero-order chi connectivity index (χ0) is 103. The molecule has 5 atom stereocenters. The molecule has 0 bridgehead atoms. The summed E-state index contributed by atoms with van der Waals surface area (Å²) in [5.41, 5.74) is 1.82. The molecule has 0 spiro atoms. The standard InChI is InChI=1S/C31H42NO5PS.2C23H42NO9PS.C21H37O7PS/c1-25(2)36-38(39,37-30(3,4)5)35-24-23-34-22-21-32-31(26-13-9-7-10-14-26,27-15-11-8-12-16-27)28-17-19-29(33-6)20-18-28;2*1-23(2,3)33-34(35,31-19-18-29-17-16-28-4)30-15-11-9-7-5-6-8-10-12-22(27)32-24-20(25)13-14-21(24)26;1-8-24-15-17(2)16-27-29(30,28-21(3,4)5)26-14-13-25-19-11-9-18(10-12-19)20(22-6)23-7/h7-20,25,32H,21-24H2,1-6H3;2*5-19H2,1-4H3;9-12,17,20H,8,13-16H2,1-7H3. The van der Waals surface area contributed by atoms with Crippen molar-refractivity contribution in [1.29, 1.82) is 0 Å². The van der Waals surface area contributed by atoms with E-state index in [2.05, 4.69) is 66.0 Å². The predicted octanol–water partition coefficient (Wildman–Crippen LogP) is 21.1. The van der Waals surface area contributed by atoms with Gasteiger partial charge in [-0.05, 0) is 218 Å². The lowest BCUT2D eigenvalue weighted by molar-refractivity contribution is -0.197. The number of methoxy groups -OCH3 is 5. The number of carbonyl (C=O) groups is 6. The van der Waals surface area contributed by atoms with E-state index in [1.54, 1.807) is 35.5 Å². The highest BCUT2D eigenvalue weighted by atomic mass is 32.5. The molecule has 0 aromatic heterocycles.